The maximum atomic E-state index is 10.9. The summed E-state index contributed by atoms with van der Waals surface area (Å²) in [5.41, 5.74) is 10.6. The summed E-state index contributed by atoms with van der Waals surface area (Å²) in [5, 5.41) is 10.6. The predicted octanol–water partition coefficient (Wildman–Crippen LogP) is 3.96. The number of nitro benzene ring substituents is 1. The number of hydrogen-bond donors (Lipinski definition) is 1. The van der Waals surface area contributed by atoms with E-state index in [1.54, 1.807) is 6.07 Å². The molecule has 2 aliphatic carbocycles. The third-order valence-electron chi connectivity index (χ3n) is 5.17. The molecular formula is C22H24N2O6. The zero-order valence-electron chi connectivity index (χ0n) is 16.9. The van der Waals surface area contributed by atoms with Gasteiger partial charge >= 0.3 is 11.9 Å². The number of carbonyl (C=O) groups excluding carboxylic acids is 2. The Balaban J connectivity index is 0.000000172. The van der Waals surface area contributed by atoms with E-state index in [1.807, 2.05) is 18.2 Å². The number of nitrogens with two attached hydrogens (primary N) is 1. The molecule has 2 aromatic carbocycles. The maximum Gasteiger partial charge on any atom is 0.303 e. The van der Waals surface area contributed by atoms with E-state index in [9.17, 15) is 19.7 Å². The van der Waals surface area contributed by atoms with Crippen LogP contribution in [-0.4, -0.2) is 16.9 Å². The highest BCUT2D eigenvalue weighted by Gasteiger charge is 2.27. The Morgan fingerprint density at radius 3 is 1.93 bits per heavy atom. The topological polar surface area (TPSA) is 122 Å². The largest absolute Gasteiger partial charge is 0.458 e. The Labute approximate surface area is 174 Å². The summed E-state index contributed by atoms with van der Waals surface area (Å²) in [7, 11) is 0. The molecule has 8 heteroatoms. The van der Waals surface area contributed by atoms with Crippen molar-refractivity contribution in [3.63, 3.8) is 0 Å². The molecule has 0 spiro atoms. The molecule has 0 heterocycles. The van der Waals surface area contributed by atoms with Crippen molar-refractivity contribution in [1.82, 2.24) is 0 Å². The van der Waals surface area contributed by atoms with E-state index >= 15 is 0 Å². The molecule has 0 aromatic heterocycles. The van der Waals surface area contributed by atoms with Crippen LogP contribution < -0.4 is 5.73 Å². The number of rotatable bonds is 3. The van der Waals surface area contributed by atoms with Crippen LogP contribution in [0.25, 0.3) is 0 Å². The van der Waals surface area contributed by atoms with E-state index in [0.29, 0.717) is 6.42 Å². The highest BCUT2D eigenvalue weighted by atomic mass is 16.6. The van der Waals surface area contributed by atoms with Crippen LogP contribution in [0.1, 0.15) is 61.2 Å². The number of nitro groups is 1. The molecule has 30 heavy (non-hydrogen) atoms. The van der Waals surface area contributed by atoms with Gasteiger partial charge in [0.05, 0.1) is 4.92 Å². The minimum absolute atomic E-state index is 0.0396. The molecule has 0 aliphatic heterocycles. The fraction of sp³-hybridized carbons (Fsp3) is 0.364. The summed E-state index contributed by atoms with van der Waals surface area (Å²) in [6, 6.07) is 10.5. The lowest BCUT2D eigenvalue weighted by Crippen LogP contribution is -2.05. The van der Waals surface area contributed by atoms with Gasteiger partial charge in [-0.25, -0.2) is 0 Å². The predicted molar refractivity (Wildman–Crippen MR) is 110 cm³/mol. The summed E-state index contributed by atoms with van der Waals surface area (Å²) < 4.78 is 10.3. The molecule has 2 aliphatic rings. The van der Waals surface area contributed by atoms with E-state index in [4.69, 9.17) is 15.2 Å². The summed E-state index contributed by atoms with van der Waals surface area (Å²) in [6.07, 6.45) is 2.92. The second-order valence-corrected chi connectivity index (χ2v) is 7.37. The highest BCUT2D eigenvalue weighted by molar-refractivity contribution is 5.67. The molecule has 8 nitrogen and oxygen atoms in total. The number of anilines is 1. The first-order valence-electron chi connectivity index (χ1n) is 9.74. The first kappa shape index (κ1) is 21.3. The van der Waals surface area contributed by atoms with Gasteiger partial charge in [0.1, 0.15) is 12.2 Å². The normalized spacial score (nSPS) is 18.5. The van der Waals surface area contributed by atoms with Crippen molar-refractivity contribution in [3.05, 3.63) is 68.8 Å². The number of aryl methyl sites for hydroxylation is 2. The monoisotopic (exact) mass is 412 g/mol. The van der Waals surface area contributed by atoms with E-state index in [0.717, 1.165) is 41.6 Å². The number of non-ortho nitro benzene ring substituents is 1. The smallest absolute Gasteiger partial charge is 0.303 e. The first-order valence-corrected chi connectivity index (χ1v) is 9.74. The molecule has 158 valence electrons. The van der Waals surface area contributed by atoms with Gasteiger partial charge in [0.15, 0.2) is 0 Å². The molecular weight excluding hydrogens is 388 g/mol. The Morgan fingerprint density at radius 2 is 1.43 bits per heavy atom. The van der Waals surface area contributed by atoms with Crippen molar-refractivity contribution >= 4 is 23.3 Å². The lowest BCUT2D eigenvalue weighted by molar-refractivity contribution is -0.385. The maximum absolute atomic E-state index is 10.9. The lowest BCUT2D eigenvalue weighted by atomic mass is 10.1. The minimum atomic E-state index is -0.441. The van der Waals surface area contributed by atoms with Gasteiger partial charge in [0.25, 0.3) is 5.69 Å². The summed E-state index contributed by atoms with van der Waals surface area (Å²) in [4.78, 5) is 31.9. The summed E-state index contributed by atoms with van der Waals surface area (Å²) in [6.45, 7) is 2.78. The van der Waals surface area contributed by atoms with Gasteiger partial charge in [0.2, 0.25) is 0 Å². The van der Waals surface area contributed by atoms with Crippen LogP contribution in [0.5, 0.6) is 0 Å². The van der Waals surface area contributed by atoms with E-state index < -0.39 is 4.92 Å². The third-order valence-corrected chi connectivity index (χ3v) is 5.17. The number of nitrogens with zero attached hydrogens (tertiary/aromatic N) is 1. The van der Waals surface area contributed by atoms with Crippen LogP contribution in [0.15, 0.2) is 36.4 Å². The highest BCUT2D eigenvalue weighted by Crippen LogP contribution is 2.36. The van der Waals surface area contributed by atoms with Crippen molar-refractivity contribution in [3.8, 4) is 0 Å². The van der Waals surface area contributed by atoms with Crippen LogP contribution in [-0.2, 0) is 31.9 Å². The van der Waals surface area contributed by atoms with E-state index in [-0.39, 0.29) is 29.8 Å². The molecule has 0 radical (unpaired) electrons. The molecule has 0 bridgehead atoms. The Morgan fingerprint density at radius 1 is 0.933 bits per heavy atom. The molecule has 0 saturated carbocycles. The summed E-state index contributed by atoms with van der Waals surface area (Å²) >= 11 is 0. The van der Waals surface area contributed by atoms with Crippen LogP contribution in [0, 0.1) is 10.1 Å². The van der Waals surface area contributed by atoms with Gasteiger partial charge in [-0.05, 0) is 54.5 Å². The number of esters is 2. The molecule has 2 atom stereocenters. The van der Waals surface area contributed by atoms with Crippen molar-refractivity contribution in [2.75, 3.05) is 5.73 Å². The summed E-state index contributed by atoms with van der Waals surface area (Å²) in [5.74, 6) is -0.588. The third kappa shape index (κ3) is 4.94. The van der Waals surface area contributed by atoms with Crippen molar-refractivity contribution in [2.45, 2.75) is 51.7 Å². The average molecular weight is 412 g/mol. The number of ether oxygens (including phenoxy) is 2. The molecule has 0 amide bonds. The van der Waals surface area contributed by atoms with Gasteiger partial charge < -0.3 is 15.2 Å². The van der Waals surface area contributed by atoms with Gasteiger partial charge in [-0.15, -0.1) is 0 Å². The molecule has 2 unspecified atom stereocenters. The quantitative estimate of drug-likeness (QED) is 0.350. The Bertz CT molecular complexity index is 988. The standard InChI is InChI=1S/C11H11NO4.C11H13NO2/c1-7(13)16-11-5-3-8-2-4-9(12(14)15)6-10(8)11;1-7(13)14-11-5-3-8-2-4-9(12)6-10(8)11/h2,4,6,11H,3,5H2,1H3;2,4,6,11H,3,5,12H2,1H3. The van der Waals surface area contributed by atoms with Crippen molar-refractivity contribution in [2.24, 2.45) is 0 Å². The fourth-order valence-corrected chi connectivity index (χ4v) is 3.89. The van der Waals surface area contributed by atoms with E-state index in [1.165, 1.54) is 31.5 Å². The zero-order valence-corrected chi connectivity index (χ0v) is 16.9. The van der Waals surface area contributed by atoms with Crippen LogP contribution in [0.4, 0.5) is 11.4 Å². The van der Waals surface area contributed by atoms with E-state index in [2.05, 4.69) is 0 Å². The zero-order chi connectivity index (χ0) is 21.8. The van der Waals surface area contributed by atoms with Crippen molar-refractivity contribution < 1.29 is 24.0 Å². The molecule has 2 N–H and O–H groups in total. The fourth-order valence-electron chi connectivity index (χ4n) is 3.89. The van der Waals surface area contributed by atoms with Crippen LogP contribution >= 0.6 is 0 Å². The number of fused-ring (bicyclic) bond motifs is 2. The van der Waals surface area contributed by atoms with Crippen LogP contribution in [0.3, 0.4) is 0 Å². The van der Waals surface area contributed by atoms with Gasteiger partial charge in [-0.2, -0.15) is 0 Å². The van der Waals surface area contributed by atoms with Crippen LogP contribution in [0.2, 0.25) is 0 Å². The lowest BCUT2D eigenvalue weighted by Gasteiger charge is -2.11. The minimum Gasteiger partial charge on any atom is -0.458 e. The first-order chi connectivity index (χ1) is 14.2. The average Bonchev–Trinajstić information content (AvgIpc) is 3.25. The Hall–Kier alpha value is -3.42. The number of carbonyl (C=O) groups is 2. The second kappa shape index (κ2) is 8.94. The number of benzene rings is 2. The molecule has 0 fully saturated rings. The molecule has 2 aromatic rings. The van der Waals surface area contributed by atoms with Gasteiger partial charge in [0, 0.05) is 37.2 Å². The molecule has 0 saturated heterocycles. The second-order valence-electron chi connectivity index (χ2n) is 7.37. The number of hydrogen-bond acceptors (Lipinski definition) is 7. The number of nitrogen functional groups attached to an aromatic ring is 1. The SMILES string of the molecule is CC(=O)OC1CCc2ccc(N)cc21.CC(=O)OC1CCc2ccc([N+](=O)[O-])cc21. The molecule has 4 rings (SSSR count). The van der Waals surface area contributed by atoms with Gasteiger partial charge in [-0.3, -0.25) is 19.7 Å². The van der Waals surface area contributed by atoms with Gasteiger partial charge in [-0.1, -0.05) is 12.1 Å². The van der Waals surface area contributed by atoms with Crippen molar-refractivity contribution in [1.29, 1.82) is 0 Å². The Kier molecular flexibility index (Phi) is 6.34.